The van der Waals surface area contributed by atoms with E-state index in [9.17, 15) is 14.4 Å². The third-order valence-electron chi connectivity index (χ3n) is 4.73. The van der Waals surface area contributed by atoms with Crippen molar-refractivity contribution in [1.29, 1.82) is 0 Å². The molecule has 9 heteroatoms. The second kappa shape index (κ2) is 10.2. The zero-order valence-electron chi connectivity index (χ0n) is 17.9. The molecule has 4 amide bonds. The molecule has 1 saturated heterocycles. The monoisotopic (exact) mass is 458 g/mol. The van der Waals surface area contributed by atoms with Crippen LogP contribution in [0.2, 0.25) is 5.02 Å². The molecule has 32 heavy (non-hydrogen) atoms. The van der Waals surface area contributed by atoms with E-state index in [0.717, 1.165) is 17.7 Å². The number of hydrogen-bond acceptors (Lipinski definition) is 6. The van der Waals surface area contributed by atoms with Crippen molar-refractivity contribution in [3.63, 3.8) is 0 Å². The molecule has 0 bridgehead atoms. The zero-order chi connectivity index (χ0) is 23.3. The number of hydrogen-bond donors (Lipinski definition) is 1. The Morgan fingerprint density at radius 1 is 1.06 bits per heavy atom. The molecule has 8 nitrogen and oxygen atoms in total. The van der Waals surface area contributed by atoms with Gasteiger partial charge in [0.05, 0.1) is 31.5 Å². The van der Waals surface area contributed by atoms with E-state index in [1.165, 1.54) is 26.4 Å². The molecular weight excluding hydrogens is 436 g/mol. The highest BCUT2D eigenvalue weighted by molar-refractivity contribution is 6.39. The highest BCUT2D eigenvalue weighted by Gasteiger charge is 2.36. The van der Waals surface area contributed by atoms with Gasteiger partial charge in [0.25, 0.3) is 11.8 Å². The smallest absolute Gasteiger partial charge is 0.335 e. The van der Waals surface area contributed by atoms with Crippen LogP contribution in [0.1, 0.15) is 25.3 Å². The van der Waals surface area contributed by atoms with Gasteiger partial charge in [0.1, 0.15) is 11.3 Å². The fourth-order valence-electron chi connectivity index (χ4n) is 3.11. The second-order valence-corrected chi connectivity index (χ2v) is 7.30. The predicted molar refractivity (Wildman–Crippen MR) is 120 cm³/mol. The Morgan fingerprint density at radius 3 is 2.41 bits per heavy atom. The molecular formula is C23H23ClN2O6. The average Bonchev–Trinajstić information content (AvgIpc) is 2.77. The van der Waals surface area contributed by atoms with Crippen LogP contribution in [0.15, 0.2) is 42.0 Å². The van der Waals surface area contributed by atoms with Gasteiger partial charge in [-0.1, -0.05) is 24.9 Å². The summed E-state index contributed by atoms with van der Waals surface area (Å²) in [7, 11) is 2.89. The topological polar surface area (TPSA) is 94.2 Å². The van der Waals surface area contributed by atoms with Crippen molar-refractivity contribution >= 4 is 41.2 Å². The van der Waals surface area contributed by atoms with Crippen molar-refractivity contribution < 1.29 is 28.6 Å². The van der Waals surface area contributed by atoms with Crippen molar-refractivity contribution in [2.75, 3.05) is 25.7 Å². The minimum Gasteiger partial charge on any atom is -0.494 e. The Balaban J connectivity index is 1.91. The Morgan fingerprint density at radius 2 is 1.78 bits per heavy atom. The van der Waals surface area contributed by atoms with E-state index in [1.54, 1.807) is 30.3 Å². The Labute approximate surface area is 190 Å². The number of anilines is 1. The molecule has 1 aliphatic rings. The number of ether oxygens (including phenoxy) is 3. The van der Waals surface area contributed by atoms with Crippen LogP contribution in [0.4, 0.5) is 10.5 Å². The zero-order valence-corrected chi connectivity index (χ0v) is 18.7. The SMILES string of the molecule is CCCCOc1ccc(N2C(=O)NC(=O)/C(=C/c3cc(Cl)c(OC)c(OC)c3)C2=O)cc1. The number of urea groups is 1. The van der Waals surface area contributed by atoms with Gasteiger partial charge in [0, 0.05) is 0 Å². The molecule has 3 rings (SSSR count). The Hall–Kier alpha value is -3.52. The summed E-state index contributed by atoms with van der Waals surface area (Å²) in [6.07, 6.45) is 3.27. The fraction of sp³-hybridized carbons (Fsp3) is 0.261. The van der Waals surface area contributed by atoms with Gasteiger partial charge >= 0.3 is 6.03 Å². The summed E-state index contributed by atoms with van der Waals surface area (Å²) in [6.45, 7) is 2.64. The number of benzene rings is 2. The summed E-state index contributed by atoms with van der Waals surface area (Å²) < 4.78 is 16.1. The van der Waals surface area contributed by atoms with Crippen molar-refractivity contribution in [3.8, 4) is 17.2 Å². The molecule has 0 aliphatic carbocycles. The Bertz CT molecular complexity index is 1060. The molecule has 1 N–H and O–H groups in total. The van der Waals surface area contributed by atoms with Gasteiger partial charge in [-0.15, -0.1) is 0 Å². The van der Waals surface area contributed by atoms with Crippen LogP contribution < -0.4 is 24.4 Å². The first-order valence-corrected chi connectivity index (χ1v) is 10.3. The molecule has 0 spiro atoms. The maximum Gasteiger partial charge on any atom is 0.335 e. The van der Waals surface area contributed by atoms with Gasteiger partial charge in [-0.2, -0.15) is 0 Å². The molecule has 0 atom stereocenters. The molecule has 0 unspecified atom stereocenters. The molecule has 168 valence electrons. The number of nitrogens with one attached hydrogen (secondary N) is 1. The molecule has 0 saturated carbocycles. The number of imide groups is 2. The van der Waals surface area contributed by atoms with Crippen molar-refractivity contribution in [2.45, 2.75) is 19.8 Å². The minimum absolute atomic E-state index is 0.226. The lowest BCUT2D eigenvalue weighted by molar-refractivity contribution is -0.122. The van der Waals surface area contributed by atoms with Crippen LogP contribution in [-0.4, -0.2) is 38.7 Å². The number of amides is 4. The number of carbonyl (C=O) groups excluding carboxylic acids is 3. The van der Waals surface area contributed by atoms with Crippen LogP contribution >= 0.6 is 11.6 Å². The molecule has 2 aromatic rings. The first-order chi connectivity index (χ1) is 15.4. The van der Waals surface area contributed by atoms with E-state index in [-0.39, 0.29) is 10.6 Å². The predicted octanol–water partition coefficient (Wildman–Crippen LogP) is 4.20. The van der Waals surface area contributed by atoms with Crippen molar-refractivity contribution in [2.24, 2.45) is 0 Å². The number of unbranched alkanes of at least 4 members (excludes halogenated alkanes) is 1. The average molecular weight is 459 g/mol. The third kappa shape index (κ3) is 4.86. The summed E-state index contributed by atoms with van der Waals surface area (Å²) in [5.74, 6) is -0.277. The lowest BCUT2D eigenvalue weighted by Crippen LogP contribution is -2.54. The minimum atomic E-state index is -0.831. The highest BCUT2D eigenvalue weighted by Crippen LogP contribution is 2.37. The van der Waals surface area contributed by atoms with Crippen molar-refractivity contribution in [1.82, 2.24) is 5.32 Å². The van der Waals surface area contributed by atoms with Gasteiger partial charge in [-0.05, 0) is 54.5 Å². The quantitative estimate of drug-likeness (QED) is 0.362. The standard InChI is InChI=1S/C23H23ClN2O6/c1-4-5-10-32-16-8-6-15(7-9-16)26-22(28)17(21(27)25-23(26)29)11-14-12-18(24)20(31-3)19(13-14)30-2/h6-9,11-13H,4-5,10H2,1-3H3,(H,25,27,29)/b17-11-. The Kier molecular flexibility index (Phi) is 7.37. The number of rotatable bonds is 8. The highest BCUT2D eigenvalue weighted by atomic mass is 35.5. The maximum atomic E-state index is 13.1. The number of carbonyl (C=O) groups is 3. The summed E-state index contributed by atoms with van der Waals surface area (Å²) in [6, 6.07) is 8.76. The van der Waals surface area contributed by atoms with E-state index >= 15 is 0 Å². The van der Waals surface area contributed by atoms with Crippen LogP contribution in [0.5, 0.6) is 17.2 Å². The first-order valence-electron chi connectivity index (χ1n) is 9.95. The molecule has 1 fully saturated rings. The lowest BCUT2D eigenvalue weighted by Gasteiger charge is -2.26. The molecule has 2 aromatic carbocycles. The van der Waals surface area contributed by atoms with Crippen LogP contribution in [-0.2, 0) is 9.59 Å². The lowest BCUT2D eigenvalue weighted by atomic mass is 10.1. The summed E-state index contributed by atoms with van der Waals surface area (Å²) in [4.78, 5) is 38.8. The first kappa shape index (κ1) is 23.1. The molecule has 1 heterocycles. The third-order valence-corrected chi connectivity index (χ3v) is 5.01. The second-order valence-electron chi connectivity index (χ2n) is 6.89. The van der Waals surface area contributed by atoms with Gasteiger partial charge in [-0.25, -0.2) is 9.69 Å². The maximum absolute atomic E-state index is 13.1. The normalized spacial score (nSPS) is 15.1. The fourth-order valence-corrected chi connectivity index (χ4v) is 3.40. The largest absolute Gasteiger partial charge is 0.494 e. The van der Waals surface area contributed by atoms with Gasteiger partial charge in [0.15, 0.2) is 11.5 Å². The van der Waals surface area contributed by atoms with E-state index in [2.05, 4.69) is 12.2 Å². The van der Waals surface area contributed by atoms with E-state index in [0.29, 0.717) is 35.1 Å². The van der Waals surface area contributed by atoms with Crippen LogP contribution in [0.3, 0.4) is 0 Å². The van der Waals surface area contributed by atoms with Crippen LogP contribution in [0.25, 0.3) is 6.08 Å². The van der Waals surface area contributed by atoms with E-state index < -0.39 is 17.8 Å². The molecule has 1 aliphatic heterocycles. The van der Waals surface area contributed by atoms with E-state index in [1.807, 2.05) is 0 Å². The number of barbiturate groups is 1. The summed E-state index contributed by atoms with van der Waals surface area (Å²) >= 11 is 6.22. The van der Waals surface area contributed by atoms with Crippen LogP contribution in [0, 0.1) is 0 Å². The van der Waals surface area contributed by atoms with Gasteiger partial charge in [0.2, 0.25) is 0 Å². The van der Waals surface area contributed by atoms with E-state index in [4.69, 9.17) is 25.8 Å². The summed E-state index contributed by atoms with van der Waals surface area (Å²) in [5.41, 5.74) is 0.510. The molecule has 0 radical (unpaired) electrons. The number of nitrogens with zero attached hydrogens (tertiary/aromatic N) is 1. The number of halogens is 1. The van der Waals surface area contributed by atoms with Gasteiger partial charge in [-0.3, -0.25) is 14.9 Å². The van der Waals surface area contributed by atoms with Gasteiger partial charge < -0.3 is 14.2 Å². The summed E-state index contributed by atoms with van der Waals surface area (Å²) in [5, 5.41) is 2.43. The number of methoxy groups -OCH3 is 2. The molecule has 0 aromatic heterocycles. The van der Waals surface area contributed by atoms with Crippen molar-refractivity contribution in [3.05, 3.63) is 52.6 Å².